The number of aromatic nitrogens is 1. The fourth-order valence-corrected chi connectivity index (χ4v) is 6.35. The molecule has 0 atom stereocenters. The number of thiocarbonyl (C=S) groups is 1. The van der Waals surface area contributed by atoms with Crippen LogP contribution in [0.4, 0.5) is 0 Å². The van der Waals surface area contributed by atoms with E-state index in [0.29, 0.717) is 32.8 Å². The van der Waals surface area contributed by atoms with Crippen molar-refractivity contribution in [3.05, 3.63) is 130 Å². The molecule has 0 fully saturated rings. The Morgan fingerprint density at radius 1 is 0.846 bits per heavy atom. The number of nitrogens with one attached hydrogen (secondary N) is 2. The Balaban J connectivity index is 0.981. The zero-order chi connectivity index (χ0) is 36.4. The van der Waals surface area contributed by atoms with Gasteiger partial charge in [0.25, 0.3) is 5.91 Å². The van der Waals surface area contributed by atoms with Crippen LogP contribution in [0.5, 0.6) is 11.5 Å². The van der Waals surface area contributed by atoms with Gasteiger partial charge < -0.3 is 40.1 Å². The number of H-pyrrole nitrogens is 1. The van der Waals surface area contributed by atoms with Gasteiger partial charge in [-0.2, -0.15) is 0 Å². The number of phenolic OH excluding ortho intramolecular Hbond substituents is 1. The number of carbonyl (C=O) groups excluding carboxylic acids is 1. The van der Waals surface area contributed by atoms with Crippen LogP contribution in [0.1, 0.15) is 26.3 Å². The molecule has 1 aliphatic carbocycles. The van der Waals surface area contributed by atoms with E-state index in [1.54, 1.807) is 18.2 Å². The third-order valence-corrected chi connectivity index (χ3v) is 8.85. The number of carboxylic acid groups (broad SMARTS) is 1. The first-order valence-electron chi connectivity index (χ1n) is 16.2. The highest BCUT2D eigenvalue weighted by molar-refractivity contribution is 7.80. The Morgan fingerprint density at radius 3 is 2.50 bits per heavy atom. The molecular formula is C40H31N3O8S. The standard InChI is InChI=1S/C40H31N3O8S/c41-38(52)23-3-1-2-22(18-23)27-10-11-33(37-29(27)12-13-42-37)50-17-16-49-15-14-43-39(46)24-4-7-28(32(19-24)40(47)48)36-30-8-5-25(44)20-34(30)51-35-21-26(45)6-9-31(35)36/h1-13,18-21,42,44H,14-17H2,(H2,41,52)(H,43,46)(H,47,48). The van der Waals surface area contributed by atoms with Crippen molar-refractivity contribution < 1.29 is 33.7 Å². The van der Waals surface area contributed by atoms with E-state index in [2.05, 4.69) is 10.3 Å². The zero-order valence-electron chi connectivity index (χ0n) is 27.5. The SMILES string of the molecule is NC(=S)c1cccc(-c2ccc(OCCOCCNC(=O)c3ccc(-c4c5ccc(=O)cc-5oc5cc(O)ccc45)c(C(=O)O)c3)c3[nH]ccc23)c1. The molecular weight excluding hydrogens is 683 g/mol. The second kappa shape index (κ2) is 14.4. The molecule has 260 valence electrons. The van der Waals surface area contributed by atoms with Crippen LogP contribution in [0.3, 0.4) is 0 Å². The number of benzene rings is 5. The minimum absolute atomic E-state index is 0.0534. The molecule has 7 rings (SSSR count). The smallest absolute Gasteiger partial charge is 0.336 e. The van der Waals surface area contributed by atoms with Crippen molar-refractivity contribution in [1.82, 2.24) is 10.3 Å². The van der Waals surface area contributed by atoms with Gasteiger partial charge in [-0.05, 0) is 77.4 Å². The van der Waals surface area contributed by atoms with E-state index in [1.807, 2.05) is 48.7 Å². The molecule has 12 heteroatoms. The van der Waals surface area contributed by atoms with E-state index in [0.717, 1.165) is 27.6 Å². The van der Waals surface area contributed by atoms with Gasteiger partial charge in [-0.3, -0.25) is 9.59 Å². The van der Waals surface area contributed by atoms with Gasteiger partial charge >= 0.3 is 5.97 Å². The molecule has 2 aliphatic rings. The lowest BCUT2D eigenvalue weighted by molar-refractivity contribution is 0.0697. The first-order valence-corrected chi connectivity index (χ1v) is 16.6. The van der Waals surface area contributed by atoms with Crippen LogP contribution < -0.4 is 21.2 Å². The monoisotopic (exact) mass is 713 g/mol. The van der Waals surface area contributed by atoms with E-state index >= 15 is 0 Å². The van der Waals surface area contributed by atoms with Crippen molar-refractivity contribution in [2.24, 2.45) is 5.73 Å². The van der Waals surface area contributed by atoms with Crippen molar-refractivity contribution in [3.63, 3.8) is 0 Å². The first-order chi connectivity index (χ1) is 25.2. The van der Waals surface area contributed by atoms with Gasteiger partial charge in [-0.1, -0.05) is 36.5 Å². The first kappa shape index (κ1) is 34.0. The zero-order valence-corrected chi connectivity index (χ0v) is 28.3. The number of ether oxygens (including phenoxy) is 2. The average molecular weight is 714 g/mol. The van der Waals surface area contributed by atoms with Gasteiger partial charge in [-0.25, -0.2) is 4.79 Å². The largest absolute Gasteiger partial charge is 0.508 e. The number of carboxylic acids is 1. The number of aromatic carboxylic acids is 1. The number of phenols is 1. The van der Waals surface area contributed by atoms with Crippen LogP contribution in [0.25, 0.3) is 55.4 Å². The Bertz CT molecular complexity index is 2540. The van der Waals surface area contributed by atoms with Gasteiger partial charge in [0, 0.05) is 57.9 Å². The lowest BCUT2D eigenvalue weighted by atomic mass is 9.90. The van der Waals surface area contributed by atoms with Gasteiger partial charge in [-0.15, -0.1) is 0 Å². The molecule has 6 N–H and O–H groups in total. The summed E-state index contributed by atoms with van der Waals surface area (Å²) in [4.78, 5) is 41.2. The molecule has 2 heterocycles. The number of hydrogen-bond acceptors (Lipinski definition) is 8. The van der Waals surface area contributed by atoms with Crippen molar-refractivity contribution in [3.8, 4) is 45.1 Å². The fraction of sp³-hybridized carbons (Fsp3) is 0.100. The molecule has 52 heavy (non-hydrogen) atoms. The molecule has 0 spiro atoms. The topological polar surface area (TPSA) is 177 Å². The maximum absolute atomic E-state index is 13.0. The summed E-state index contributed by atoms with van der Waals surface area (Å²) in [6.45, 7) is 0.924. The van der Waals surface area contributed by atoms with Crippen molar-refractivity contribution in [1.29, 1.82) is 0 Å². The summed E-state index contributed by atoms with van der Waals surface area (Å²) < 4.78 is 17.6. The Labute approximate surface area is 301 Å². The summed E-state index contributed by atoms with van der Waals surface area (Å²) in [5.74, 6) is -0.868. The third kappa shape index (κ3) is 6.80. The Hall–Kier alpha value is -6.50. The number of aromatic amines is 1. The molecule has 1 amide bonds. The minimum atomic E-state index is -1.24. The van der Waals surface area contributed by atoms with Crippen LogP contribution in [-0.2, 0) is 4.74 Å². The molecule has 1 aromatic heterocycles. The molecule has 4 aromatic carbocycles. The van der Waals surface area contributed by atoms with Gasteiger partial charge in [0.2, 0.25) is 0 Å². The lowest BCUT2D eigenvalue weighted by Crippen LogP contribution is -2.28. The van der Waals surface area contributed by atoms with Crippen LogP contribution in [0.15, 0.2) is 112 Å². The summed E-state index contributed by atoms with van der Waals surface area (Å²) in [5.41, 5.74) is 10.8. The van der Waals surface area contributed by atoms with Gasteiger partial charge in [0.05, 0.1) is 24.3 Å². The Kier molecular flexibility index (Phi) is 9.40. The quantitative estimate of drug-likeness (QED) is 0.0528. The molecule has 0 saturated carbocycles. The van der Waals surface area contributed by atoms with Crippen LogP contribution in [-0.4, -0.2) is 58.4 Å². The van der Waals surface area contributed by atoms with Crippen LogP contribution in [0, 0.1) is 0 Å². The molecule has 5 aromatic rings. The highest BCUT2D eigenvalue weighted by atomic mass is 32.1. The molecule has 0 radical (unpaired) electrons. The Morgan fingerprint density at radius 2 is 1.67 bits per heavy atom. The number of aromatic hydroxyl groups is 1. The number of rotatable bonds is 12. The fourth-order valence-electron chi connectivity index (χ4n) is 6.22. The summed E-state index contributed by atoms with van der Waals surface area (Å²) >= 11 is 5.14. The van der Waals surface area contributed by atoms with Crippen molar-refractivity contribution in [2.45, 2.75) is 0 Å². The van der Waals surface area contributed by atoms with Crippen LogP contribution >= 0.6 is 12.2 Å². The summed E-state index contributed by atoms with van der Waals surface area (Å²) in [6, 6.07) is 26.7. The molecule has 0 bridgehead atoms. The number of hydrogen-bond donors (Lipinski definition) is 5. The average Bonchev–Trinajstić information content (AvgIpc) is 3.63. The van der Waals surface area contributed by atoms with E-state index in [4.69, 9.17) is 31.8 Å². The highest BCUT2D eigenvalue weighted by Crippen LogP contribution is 2.42. The highest BCUT2D eigenvalue weighted by Gasteiger charge is 2.23. The van der Waals surface area contributed by atoms with E-state index in [-0.39, 0.29) is 60.0 Å². The number of carbonyl (C=O) groups is 2. The van der Waals surface area contributed by atoms with E-state index in [9.17, 15) is 24.6 Å². The predicted octanol–water partition coefficient (Wildman–Crippen LogP) is 6.58. The number of nitrogens with two attached hydrogens (primary N) is 1. The second-order valence-electron chi connectivity index (χ2n) is 11.9. The number of amides is 1. The molecule has 0 saturated heterocycles. The van der Waals surface area contributed by atoms with Gasteiger partial charge in [0.15, 0.2) is 5.43 Å². The minimum Gasteiger partial charge on any atom is -0.508 e. The predicted molar refractivity (Wildman–Crippen MR) is 201 cm³/mol. The summed E-state index contributed by atoms with van der Waals surface area (Å²) in [7, 11) is 0. The van der Waals surface area contributed by atoms with E-state index < -0.39 is 11.9 Å². The van der Waals surface area contributed by atoms with Crippen LogP contribution in [0.2, 0.25) is 0 Å². The third-order valence-electron chi connectivity index (χ3n) is 8.62. The summed E-state index contributed by atoms with van der Waals surface area (Å²) in [5, 5.41) is 24.5. The summed E-state index contributed by atoms with van der Waals surface area (Å²) in [6.07, 6.45) is 1.85. The molecule has 1 aliphatic heterocycles. The second-order valence-corrected chi connectivity index (χ2v) is 12.4. The van der Waals surface area contributed by atoms with E-state index in [1.165, 1.54) is 36.4 Å². The maximum atomic E-state index is 13.0. The van der Waals surface area contributed by atoms with Crippen molar-refractivity contribution >= 4 is 51.0 Å². The van der Waals surface area contributed by atoms with Crippen molar-refractivity contribution in [2.75, 3.05) is 26.4 Å². The normalized spacial score (nSPS) is 11.2. The molecule has 11 nitrogen and oxygen atoms in total. The van der Waals surface area contributed by atoms with Gasteiger partial charge in [0.1, 0.15) is 34.4 Å². The maximum Gasteiger partial charge on any atom is 0.336 e. The lowest BCUT2D eigenvalue weighted by Gasteiger charge is -2.17. The molecule has 0 unspecified atom stereocenters. The number of fused-ring (bicyclic) bond motifs is 3.